The van der Waals surface area contributed by atoms with E-state index >= 15 is 0 Å². The molecule has 1 amide bonds. The fourth-order valence-electron chi connectivity index (χ4n) is 1.85. The lowest BCUT2D eigenvalue weighted by atomic mass is 10.1. The number of nitrogens with one attached hydrogen (secondary N) is 1. The Kier molecular flexibility index (Phi) is 2.85. The molecule has 0 radical (unpaired) electrons. The minimum absolute atomic E-state index is 0.193. The summed E-state index contributed by atoms with van der Waals surface area (Å²) in [5.74, 6) is -3.59. The number of hydrogen-bond acceptors (Lipinski definition) is 2. The van der Waals surface area contributed by atoms with Gasteiger partial charge < -0.3 is 5.32 Å². The van der Waals surface area contributed by atoms with Crippen LogP contribution < -0.4 is 5.32 Å². The minimum atomic E-state index is -2.68. The smallest absolute Gasteiger partial charge is 0.248 e. The van der Waals surface area contributed by atoms with E-state index in [9.17, 15) is 13.6 Å². The first-order valence-corrected chi connectivity index (χ1v) is 5.15. The second-order valence-electron chi connectivity index (χ2n) is 4.02. The molecule has 0 spiro atoms. The monoisotopic (exact) mass is 226 g/mol. The van der Waals surface area contributed by atoms with E-state index in [1.807, 2.05) is 0 Å². The summed E-state index contributed by atoms with van der Waals surface area (Å²) in [7, 11) is 0. The van der Waals surface area contributed by atoms with Crippen molar-refractivity contribution < 1.29 is 13.6 Å². The van der Waals surface area contributed by atoms with E-state index in [2.05, 4.69) is 10.3 Å². The largest absolute Gasteiger partial charge is 0.326 e. The Morgan fingerprint density at radius 2 is 2.12 bits per heavy atom. The molecule has 0 aromatic carbocycles. The van der Waals surface area contributed by atoms with Crippen LogP contribution in [-0.2, 0) is 4.79 Å². The number of hydrogen-bond donors (Lipinski definition) is 1. The Bertz CT molecular complexity index is 381. The van der Waals surface area contributed by atoms with Crippen molar-refractivity contribution in [3.8, 4) is 0 Å². The molecular formula is C11H12F2N2O. The Morgan fingerprint density at radius 3 is 2.69 bits per heavy atom. The van der Waals surface area contributed by atoms with Gasteiger partial charge in [0.2, 0.25) is 11.8 Å². The molecule has 2 rings (SSSR count). The van der Waals surface area contributed by atoms with Crippen molar-refractivity contribution >= 4 is 11.6 Å². The van der Waals surface area contributed by atoms with E-state index in [0.29, 0.717) is 5.69 Å². The molecule has 1 unspecified atom stereocenters. The number of alkyl halides is 2. The first-order chi connectivity index (χ1) is 7.57. The highest BCUT2D eigenvalue weighted by molar-refractivity contribution is 5.92. The van der Waals surface area contributed by atoms with E-state index in [1.54, 1.807) is 24.5 Å². The molecule has 3 nitrogen and oxygen atoms in total. The maximum absolute atomic E-state index is 12.9. The highest BCUT2D eigenvalue weighted by Crippen LogP contribution is 2.39. The predicted octanol–water partition coefficient (Wildman–Crippen LogP) is 2.46. The van der Waals surface area contributed by atoms with Gasteiger partial charge in [-0.25, -0.2) is 8.78 Å². The second kappa shape index (κ2) is 4.15. The number of aromatic nitrogens is 1. The molecule has 1 aromatic heterocycles. The van der Waals surface area contributed by atoms with Crippen LogP contribution in [0.25, 0.3) is 0 Å². The SMILES string of the molecule is O=C(Nc1ccncc1)C1CCC(F)(F)C1. The summed E-state index contributed by atoms with van der Waals surface area (Å²) < 4.78 is 25.8. The van der Waals surface area contributed by atoms with Gasteiger partial charge in [0.25, 0.3) is 0 Å². The van der Waals surface area contributed by atoms with Gasteiger partial charge in [-0.1, -0.05) is 0 Å². The number of anilines is 1. The normalized spacial score (nSPS) is 23.0. The molecule has 0 aliphatic heterocycles. The van der Waals surface area contributed by atoms with Crippen LogP contribution in [0.4, 0.5) is 14.5 Å². The summed E-state index contributed by atoms with van der Waals surface area (Å²) in [6, 6.07) is 3.26. The van der Waals surface area contributed by atoms with Crippen LogP contribution in [0.15, 0.2) is 24.5 Å². The van der Waals surface area contributed by atoms with Gasteiger partial charge >= 0.3 is 0 Å². The number of carbonyl (C=O) groups excluding carboxylic acids is 1. The molecule has 1 aliphatic rings. The van der Waals surface area contributed by atoms with Crippen molar-refractivity contribution in [1.29, 1.82) is 0 Å². The molecule has 1 fully saturated rings. The van der Waals surface area contributed by atoms with Crippen LogP contribution in [-0.4, -0.2) is 16.8 Å². The lowest BCUT2D eigenvalue weighted by Gasteiger charge is -2.11. The zero-order valence-electron chi connectivity index (χ0n) is 8.62. The van der Waals surface area contributed by atoms with Gasteiger partial charge in [0.05, 0.1) is 0 Å². The lowest BCUT2D eigenvalue weighted by Crippen LogP contribution is -2.22. The van der Waals surface area contributed by atoms with E-state index in [-0.39, 0.29) is 25.2 Å². The standard InChI is InChI=1S/C11H12F2N2O/c12-11(13)4-1-8(7-11)10(16)15-9-2-5-14-6-3-9/h2-3,5-6,8H,1,4,7H2,(H,14,15,16). The number of rotatable bonds is 2. The first-order valence-electron chi connectivity index (χ1n) is 5.15. The maximum atomic E-state index is 12.9. The van der Waals surface area contributed by atoms with Gasteiger partial charge in [-0.2, -0.15) is 0 Å². The van der Waals surface area contributed by atoms with Gasteiger partial charge in [-0.3, -0.25) is 9.78 Å². The first kappa shape index (κ1) is 11.0. The van der Waals surface area contributed by atoms with Crippen LogP contribution in [0.2, 0.25) is 0 Å². The predicted molar refractivity (Wildman–Crippen MR) is 55.2 cm³/mol. The molecule has 1 heterocycles. The molecule has 5 heteroatoms. The topological polar surface area (TPSA) is 42.0 Å². The minimum Gasteiger partial charge on any atom is -0.326 e. The van der Waals surface area contributed by atoms with E-state index in [1.165, 1.54) is 0 Å². The average molecular weight is 226 g/mol. The molecule has 1 N–H and O–H groups in total. The van der Waals surface area contributed by atoms with Crippen LogP contribution >= 0.6 is 0 Å². The molecule has 1 aromatic rings. The number of halogens is 2. The zero-order valence-corrected chi connectivity index (χ0v) is 8.62. The summed E-state index contributed by atoms with van der Waals surface area (Å²) in [6.45, 7) is 0. The van der Waals surface area contributed by atoms with Crippen LogP contribution in [0.5, 0.6) is 0 Å². The third kappa shape index (κ3) is 2.53. The van der Waals surface area contributed by atoms with E-state index in [0.717, 1.165) is 0 Å². The molecule has 1 atom stereocenters. The highest BCUT2D eigenvalue weighted by atomic mass is 19.3. The summed E-state index contributed by atoms with van der Waals surface area (Å²) in [4.78, 5) is 15.4. The van der Waals surface area contributed by atoms with Crippen molar-refractivity contribution in [2.45, 2.75) is 25.2 Å². The fourth-order valence-corrected chi connectivity index (χ4v) is 1.85. The third-order valence-electron chi connectivity index (χ3n) is 2.72. The quantitative estimate of drug-likeness (QED) is 0.841. The van der Waals surface area contributed by atoms with Gasteiger partial charge in [0.15, 0.2) is 0 Å². The fraction of sp³-hybridized carbons (Fsp3) is 0.455. The number of amides is 1. The van der Waals surface area contributed by atoms with Crippen molar-refractivity contribution in [2.75, 3.05) is 5.32 Å². The van der Waals surface area contributed by atoms with E-state index in [4.69, 9.17) is 0 Å². The molecule has 16 heavy (non-hydrogen) atoms. The molecule has 1 aliphatic carbocycles. The summed E-state index contributed by atoms with van der Waals surface area (Å²) in [5, 5.41) is 2.61. The van der Waals surface area contributed by atoms with E-state index < -0.39 is 11.8 Å². The second-order valence-corrected chi connectivity index (χ2v) is 4.02. The molecular weight excluding hydrogens is 214 g/mol. The summed E-state index contributed by atoms with van der Waals surface area (Å²) >= 11 is 0. The van der Waals surface area contributed by atoms with Gasteiger partial charge in [-0.05, 0) is 18.6 Å². The Hall–Kier alpha value is -1.52. The number of nitrogens with zero attached hydrogens (tertiary/aromatic N) is 1. The highest BCUT2D eigenvalue weighted by Gasteiger charge is 2.42. The Labute approximate surface area is 91.9 Å². The zero-order chi connectivity index (χ0) is 11.6. The van der Waals surface area contributed by atoms with Gasteiger partial charge in [0, 0.05) is 36.8 Å². The van der Waals surface area contributed by atoms with Crippen LogP contribution in [0, 0.1) is 5.92 Å². The van der Waals surface area contributed by atoms with Gasteiger partial charge in [0.1, 0.15) is 0 Å². The van der Waals surface area contributed by atoms with Crippen molar-refractivity contribution in [3.63, 3.8) is 0 Å². The maximum Gasteiger partial charge on any atom is 0.248 e. The van der Waals surface area contributed by atoms with Crippen LogP contribution in [0.1, 0.15) is 19.3 Å². The lowest BCUT2D eigenvalue weighted by molar-refractivity contribution is -0.120. The van der Waals surface area contributed by atoms with Crippen LogP contribution in [0.3, 0.4) is 0 Å². The third-order valence-corrected chi connectivity index (χ3v) is 2.72. The molecule has 0 saturated heterocycles. The summed E-state index contributed by atoms with van der Waals surface area (Å²) in [5.41, 5.74) is 0.593. The van der Waals surface area contributed by atoms with Gasteiger partial charge in [-0.15, -0.1) is 0 Å². The van der Waals surface area contributed by atoms with Crippen molar-refractivity contribution in [2.24, 2.45) is 5.92 Å². The number of pyridine rings is 1. The summed E-state index contributed by atoms with van der Waals surface area (Å²) in [6.07, 6.45) is 2.80. The molecule has 86 valence electrons. The molecule has 0 bridgehead atoms. The number of carbonyl (C=O) groups is 1. The van der Waals surface area contributed by atoms with Crippen molar-refractivity contribution in [3.05, 3.63) is 24.5 Å². The Balaban J connectivity index is 1.95. The molecule has 1 saturated carbocycles. The van der Waals surface area contributed by atoms with Crippen molar-refractivity contribution in [1.82, 2.24) is 4.98 Å². The Morgan fingerprint density at radius 1 is 1.44 bits per heavy atom. The average Bonchev–Trinajstić information content (AvgIpc) is 2.60.